The summed E-state index contributed by atoms with van der Waals surface area (Å²) in [4.78, 5) is 56.6. The second-order valence-electron chi connectivity index (χ2n) is 10.4. The van der Waals surface area contributed by atoms with E-state index >= 15 is 4.39 Å². The average molecular weight is 640 g/mol. The number of benzene rings is 2. The van der Waals surface area contributed by atoms with E-state index in [2.05, 4.69) is 20.7 Å². The molecule has 11 nitrogen and oxygen atoms in total. The molecule has 2 aromatic carbocycles. The van der Waals surface area contributed by atoms with Crippen LogP contribution in [0.2, 0.25) is 5.02 Å². The van der Waals surface area contributed by atoms with Gasteiger partial charge in [0.15, 0.2) is 0 Å². The van der Waals surface area contributed by atoms with Gasteiger partial charge in [0, 0.05) is 49.2 Å². The Hall–Kier alpha value is -4.55. The highest BCUT2D eigenvalue weighted by molar-refractivity contribution is 6.30. The van der Waals surface area contributed by atoms with Gasteiger partial charge in [-0.05, 0) is 61.7 Å². The second-order valence-corrected chi connectivity index (χ2v) is 10.8. The molecule has 1 aliphatic rings. The molecular formula is C32H35ClFN5O6. The van der Waals surface area contributed by atoms with Crippen molar-refractivity contribution >= 4 is 53.0 Å². The monoisotopic (exact) mass is 639 g/mol. The topological polar surface area (TPSA) is 139 Å². The smallest absolute Gasteiger partial charge is 0.411 e. The minimum Gasteiger partial charge on any atom is -0.453 e. The summed E-state index contributed by atoms with van der Waals surface area (Å²) in [6, 6.07) is 13.2. The van der Waals surface area contributed by atoms with E-state index < -0.39 is 17.8 Å². The first-order valence-electron chi connectivity index (χ1n) is 14.5. The van der Waals surface area contributed by atoms with Gasteiger partial charge in [0.25, 0.3) is 0 Å². The Labute approximate surface area is 265 Å². The molecule has 0 spiro atoms. The van der Waals surface area contributed by atoms with Gasteiger partial charge in [-0.15, -0.1) is 0 Å². The first-order valence-corrected chi connectivity index (χ1v) is 14.8. The van der Waals surface area contributed by atoms with Gasteiger partial charge in [-0.2, -0.15) is 0 Å². The molecule has 1 aromatic heterocycles. The SMILES string of the molecule is COCCCN(Cc1c(NC=O)ccc(Cl)c1F)C(=O)C1CCCCC(=O)Nc2cc(NC(=O)OC)ccc2-c2cccc1n2. The lowest BCUT2D eigenvalue weighted by Crippen LogP contribution is -2.37. The van der Waals surface area contributed by atoms with Crippen molar-refractivity contribution < 1.29 is 33.0 Å². The number of carbonyl (C=O) groups is 4. The predicted octanol–water partition coefficient (Wildman–Crippen LogP) is 5.95. The van der Waals surface area contributed by atoms with Crippen LogP contribution in [0.5, 0.6) is 0 Å². The number of pyridine rings is 1. The largest absolute Gasteiger partial charge is 0.453 e. The number of rotatable bonds is 10. The van der Waals surface area contributed by atoms with Crippen LogP contribution >= 0.6 is 11.6 Å². The normalized spacial score (nSPS) is 14.6. The van der Waals surface area contributed by atoms with Crippen LogP contribution in [0.3, 0.4) is 0 Å². The summed E-state index contributed by atoms with van der Waals surface area (Å²) in [5.41, 5.74) is 2.76. The molecule has 2 heterocycles. The molecule has 1 atom stereocenters. The maximum Gasteiger partial charge on any atom is 0.411 e. The molecule has 3 N–H and O–H groups in total. The lowest BCUT2D eigenvalue weighted by atomic mass is 9.94. The number of hydrogen-bond acceptors (Lipinski definition) is 7. The summed E-state index contributed by atoms with van der Waals surface area (Å²) < 4.78 is 25.2. The molecule has 45 heavy (non-hydrogen) atoms. The highest BCUT2D eigenvalue weighted by Crippen LogP contribution is 2.34. The summed E-state index contributed by atoms with van der Waals surface area (Å²) >= 11 is 6.08. The maximum atomic E-state index is 15.3. The van der Waals surface area contributed by atoms with Gasteiger partial charge in [0.2, 0.25) is 18.2 Å². The van der Waals surface area contributed by atoms with Gasteiger partial charge in [0.1, 0.15) is 5.82 Å². The van der Waals surface area contributed by atoms with Gasteiger partial charge in [-0.3, -0.25) is 24.7 Å². The number of halogens is 2. The Kier molecular flexibility index (Phi) is 11.8. The molecule has 4 rings (SSSR count). The van der Waals surface area contributed by atoms with Crippen LogP contribution in [0.15, 0.2) is 48.5 Å². The number of nitrogens with one attached hydrogen (secondary N) is 3. The molecule has 0 radical (unpaired) electrons. The van der Waals surface area contributed by atoms with Gasteiger partial charge in [-0.25, -0.2) is 9.18 Å². The molecule has 2 bridgehead atoms. The number of methoxy groups -OCH3 is 2. The van der Waals surface area contributed by atoms with Crippen molar-refractivity contribution in [3.8, 4) is 11.3 Å². The predicted molar refractivity (Wildman–Crippen MR) is 169 cm³/mol. The molecular weight excluding hydrogens is 605 g/mol. The number of carbonyl (C=O) groups excluding carboxylic acids is 4. The quantitative estimate of drug-likeness (QED) is 0.184. The van der Waals surface area contributed by atoms with Crippen molar-refractivity contribution in [2.75, 3.05) is 43.3 Å². The Bertz CT molecular complexity index is 1550. The zero-order valence-electron chi connectivity index (χ0n) is 25.0. The fraction of sp³-hybridized carbons (Fsp3) is 0.344. The summed E-state index contributed by atoms with van der Waals surface area (Å²) in [5.74, 6) is -1.94. The van der Waals surface area contributed by atoms with Gasteiger partial charge < -0.3 is 25.0 Å². The molecule has 0 fully saturated rings. The fourth-order valence-corrected chi connectivity index (χ4v) is 5.36. The number of nitrogens with zero attached hydrogens (tertiary/aromatic N) is 2. The van der Waals surface area contributed by atoms with E-state index in [4.69, 9.17) is 21.3 Å². The highest BCUT2D eigenvalue weighted by atomic mass is 35.5. The van der Waals surface area contributed by atoms with E-state index in [1.54, 1.807) is 43.5 Å². The summed E-state index contributed by atoms with van der Waals surface area (Å²) in [6.07, 6.45) is 1.92. The lowest BCUT2D eigenvalue weighted by molar-refractivity contribution is -0.134. The van der Waals surface area contributed by atoms with Crippen LogP contribution in [-0.4, -0.2) is 61.6 Å². The number of fused-ring (bicyclic) bond motifs is 4. The summed E-state index contributed by atoms with van der Waals surface area (Å²) in [5, 5.41) is 7.88. The van der Waals surface area contributed by atoms with E-state index in [1.807, 2.05) is 0 Å². The Morgan fingerprint density at radius 2 is 2.00 bits per heavy atom. The summed E-state index contributed by atoms with van der Waals surface area (Å²) in [7, 11) is 2.81. The van der Waals surface area contributed by atoms with Crippen molar-refractivity contribution in [1.29, 1.82) is 0 Å². The molecule has 1 unspecified atom stereocenters. The lowest BCUT2D eigenvalue weighted by Gasteiger charge is -2.29. The maximum absolute atomic E-state index is 15.3. The molecule has 0 saturated heterocycles. The van der Waals surface area contributed by atoms with Crippen LogP contribution in [0.25, 0.3) is 11.3 Å². The van der Waals surface area contributed by atoms with Gasteiger partial charge in [0.05, 0.1) is 41.7 Å². The minimum atomic E-state index is -0.726. The number of amides is 4. The van der Waals surface area contributed by atoms with Crippen LogP contribution in [-0.2, 0) is 30.4 Å². The van der Waals surface area contributed by atoms with E-state index in [9.17, 15) is 19.2 Å². The van der Waals surface area contributed by atoms with Crippen molar-refractivity contribution in [3.05, 3.63) is 70.6 Å². The Balaban J connectivity index is 1.74. The third-order valence-corrected chi connectivity index (χ3v) is 7.71. The number of aromatic nitrogens is 1. The number of ether oxygens (including phenoxy) is 2. The molecule has 0 aliphatic carbocycles. The zero-order chi connectivity index (χ0) is 32.3. The van der Waals surface area contributed by atoms with Crippen molar-refractivity contribution in [1.82, 2.24) is 9.88 Å². The molecule has 4 amide bonds. The van der Waals surface area contributed by atoms with E-state index in [0.717, 1.165) is 0 Å². The number of hydrogen-bond donors (Lipinski definition) is 3. The zero-order valence-corrected chi connectivity index (χ0v) is 25.8. The first-order chi connectivity index (χ1) is 21.7. The van der Waals surface area contributed by atoms with Crippen LogP contribution in [0.1, 0.15) is 49.3 Å². The van der Waals surface area contributed by atoms with E-state index in [-0.39, 0.29) is 47.6 Å². The van der Waals surface area contributed by atoms with Crippen molar-refractivity contribution in [2.45, 2.75) is 44.6 Å². The van der Waals surface area contributed by atoms with E-state index in [0.29, 0.717) is 67.0 Å². The van der Waals surface area contributed by atoms with Crippen LogP contribution < -0.4 is 16.0 Å². The second kappa shape index (κ2) is 16.0. The minimum absolute atomic E-state index is 0.0807. The molecule has 0 saturated carbocycles. The third kappa shape index (κ3) is 8.55. The Morgan fingerprint density at radius 3 is 2.76 bits per heavy atom. The fourth-order valence-electron chi connectivity index (χ4n) is 5.18. The Morgan fingerprint density at radius 1 is 1.18 bits per heavy atom. The molecule has 13 heteroatoms. The van der Waals surface area contributed by atoms with Gasteiger partial charge >= 0.3 is 6.09 Å². The molecule has 1 aliphatic heterocycles. The molecule has 238 valence electrons. The van der Waals surface area contributed by atoms with Crippen molar-refractivity contribution in [2.24, 2.45) is 0 Å². The highest BCUT2D eigenvalue weighted by Gasteiger charge is 2.29. The van der Waals surface area contributed by atoms with Crippen molar-refractivity contribution in [3.63, 3.8) is 0 Å². The first kappa shape index (κ1) is 33.3. The van der Waals surface area contributed by atoms with Crippen LogP contribution in [0, 0.1) is 5.82 Å². The standard InChI is InChI=1S/C32H35ClFN5O6/c1-44-16-6-15-39(18-23-25(35-19-40)14-13-24(33)30(23)34)31(42)22-7-3-4-10-29(41)38-28-17-20(36-32(43)45-2)11-12-21(28)26-8-5-9-27(22)37-26/h5,8-9,11-14,17,19,22H,3-4,6-7,10,15-16,18H2,1-2H3,(H,35,40)(H,36,43)(H,38,41). The molecule has 3 aromatic rings. The third-order valence-electron chi connectivity index (χ3n) is 7.42. The van der Waals surface area contributed by atoms with Gasteiger partial charge in [-0.1, -0.05) is 24.1 Å². The summed E-state index contributed by atoms with van der Waals surface area (Å²) in [6.45, 7) is 0.470. The van der Waals surface area contributed by atoms with Crippen LogP contribution in [0.4, 0.5) is 26.2 Å². The average Bonchev–Trinajstić information content (AvgIpc) is 3.03. The van der Waals surface area contributed by atoms with E-state index in [1.165, 1.54) is 24.1 Å². The number of anilines is 3.